The average molecular weight is 721 g/mol. The lowest BCUT2D eigenvalue weighted by atomic mass is 9.62. The molecule has 0 bridgehead atoms. The molecule has 0 aliphatic carbocycles. The standard InChI is InChI=1S/C52H36N2O2/c1-7-19-37(20-8-1)51(38-21-9-2-10-22-38)43-35-48-44(36-47(43)55-45-31-33-53(49(45)51)41-27-15-5-16-28-41)52(39-23-11-3-12-24-39,40-25-13-4-14-26-40)50-46(56-48)32-34-54(50)42-29-17-6-18-30-42/h1-36H. The number of benzene rings is 7. The van der Waals surface area contributed by atoms with Crippen LogP contribution in [0.4, 0.5) is 0 Å². The van der Waals surface area contributed by atoms with Crippen molar-refractivity contribution in [2.24, 2.45) is 0 Å². The molecule has 0 saturated heterocycles. The first-order chi connectivity index (χ1) is 27.8. The number of fused-ring (bicyclic) bond motifs is 4. The molecule has 0 N–H and O–H groups in total. The molecule has 0 fully saturated rings. The first-order valence-corrected chi connectivity index (χ1v) is 19.1. The van der Waals surface area contributed by atoms with Crippen molar-refractivity contribution in [3.05, 3.63) is 263 Å². The molecule has 7 aromatic carbocycles. The number of rotatable bonds is 6. The number of hydrogen-bond donors (Lipinski definition) is 0. The summed E-state index contributed by atoms with van der Waals surface area (Å²) in [6, 6.07) is 73.2. The van der Waals surface area contributed by atoms with Crippen LogP contribution >= 0.6 is 0 Å². The molecule has 266 valence electrons. The maximum atomic E-state index is 7.21. The van der Waals surface area contributed by atoms with E-state index in [0.717, 1.165) is 79.1 Å². The Kier molecular flexibility index (Phi) is 7.26. The van der Waals surface area contributed by atoms with Crippen molar-refractivity contribution < 1.29 is 9.47 Å². The molecule has 4 heterocycles. The van der Waals surface area contributed by atoms with E-state index >= 15 is 0 Å². The fourth-order valence-electron chi connectivity index (χ4n) is 9.39. The number of nitrogens with zero attached hydrogens (tertiary/aromatic N) is 2. The van der Waals surface area contributed by atoms with Crippen LogP contribution in [0.1, 0.15) is 44.8 Å². The van der Waals surface area contributed by atoms with Gasteiger partial charge in [-0.1, -0.05) is 158 Å². The molecular weight excluding hydrogens is 685 g/mol. The Morgan fingerprint density at radius 2 is 0.589 bits per heavy atom. The third-order valence-electron chi connectivity index (χ3n) is 11.6. The third-order valence-corrected chi connectivity index (χ3v) is 11.6. The second kappa shape index (κ2) is 12.6. The summed E-state index contributed by atoms with van der Waals surface area (Å²) in [7, 11) is 0. The van der Waals surface area contributed by atoms with Gasteiger partial charge < -0.3 is 18.6 Å². The van der Waals surface area contributed by atoms with Gasteiger partial charge in [-0.2, -0.15) is 0 Å². The van der Waals surface area contributed by atoms with Crippen molar-refractivity contribution in [1.29, 1.82) is 0 Å². The number of hydrogen-bond acceptors (Lipinski definition) is 2. The van der Waals surface area contributed by atoms with E-state index < -0.39 is 10.8 Å². The predicted octanol–water partition coefficient (Wildman–Crippen LogP) is 12.2. The summed E-state index contributed by atoms with van der Waals surface area (Å²) in [6.07, 6.45) is 4.28. The van der Waals surface area contributed by atoms with Crippen molar-refractivity contribution in [3.63, 3.8) is 0 Å². The van der Waals surface area contributed by atoms with Crippen LogP contribution in [-0.2, 0) is 10.8 Å². The van der Waals surface area contributed by atoms with Gasteiger partial charge in [0.1, 0.15) is 23.0 Å². The van der Waals surface area contributed by atoms with Gasteiger partial charge in [0.2, 0.25) is 0 Å². The van der Waals surface area contributed by atoms with Crippen molar-refractivity contribution in [3.8, 4) is 34.4 Å². The monoisotopic (exact) mass is 720 g/mol. The van der Waals surface area contributed by atoms with Crippen molar-refractivity contribution in [2.75, 3.05) is 0 Å². The Labute approximate surface area is 326 Å². The molecule has 0 radical (unpaired) electrons. The summed E-state index contributed by atoms with van der Waals surface area (Å²) in [4.78, 5) is 0. The summed E-state index contributed by atoms with van der Waals surface area (Å²) in [5, 5.41) is 0. The van der Waals surface area contributed by atoms with Crippen LogP contribution in [0.2, 0.25) is 0 Å². The second-order valence-corrected chi connectivity index (χ2v) is 14.5. The largest absolute Gasteiger partial charge is 0.455 e. The Morgan fingerprint density at radius 1 is 0.304 bits per heavy atom. The van der Waals surface area contributed by atoms with Gasteiger partial charge in [-0.25, -0.2) is 0 Å². The van der Waals surface area contributed by atoms with Gasteiger partial charge in [-0.3, -0.25) is 0 Å². The topological polar surface area (TPSA) is 28.3 Å². The molecule has 0 unspecified atom stereocenters. The number of ether oxygens (including phenoxy) is 2. The van der Waals surface area contributed by atoms with E-state index in [0.29, 0.717) is 0 Å². The van der Waals surface area contributed by atoms with E-state index in [-0.39, 0.29) is 0 Å². The fraction of sp³-hybridized carbons (Fsp3) is 0.0385. The van der Waals surface area contributed by atoms with E-state index in [1.54, 1.807) is 0 Å². The van der Waals surface area contributed by atoms with Gasteiger partial charge in [0.15, 0.2) is 0 Å². The molecule has 0 spiro atoms. The molecule has 4 nitrogen and oxygen atoms in total. The van der Waals surface area contributed by atoms with Crippen LogP contribution in [0.3, 0.4) is 0 Å². The Bertz CT molecular complexity index is 2550. The van der Waals surface area contributed by atoms with Gasteiger partial charge in [0.05, 0.1) is 22.2 Å². The lowest BCUT2D eigenvalue weighted by molar-refractivity contribution is 0.405. The molecular formula is C52H36N2O2. The molecule has 9 aromatic rings. The SMILES string of the molecule is c1ccc(-n2ccc3c2C(c2ccccc2)(c2ccccc2)c2cc4c(cc2O3)C(c2ccccc2)(c2ccccc2)c2c(ccn2-c2ccccc2)O4)cc1. The minimum absolute atomic E-state index is 0.776. The van der Waals surface area contributed by atoms with Gasteiger partial charge in [0.25, 0.3) is 0 Å². The van der Waals surface area contributed by atoms with E-state index in [4.69, 9.17) is 9.47 Å². The average Bonchev–Trinajstić information content (AvgIpc) is 3.91. The van der Waals surface area contributed by atoms with Crippen LogP contribution in [0.15, 0.2) is 219 Å². The quantitative estimate of drug-likeness (QED) is 0.171. The maximum Gasteiger partial charge on any atom is 0.150 e. The molecule has 0 amide bonds. The van der Waals surface area contributed by atoms with Gasteiger partial charge in [-0.15, -0.1) is 0 Å². The van der Waals surface area contributed by atoms with Gasteiger partial charge >= 0.3 is 0 Å². The zero-order chi connectivity index (χ0) is 37.1. The van der Waals surface area contributed by atoms with E-state index in [2.05, 4.69) is 228 Å². The van der Waals surface area contributed by atoms with Crippen LogP contribution < -0.4 is 9.47 Å². The third kappa shape index (κ3) is 4.53. The molecule has 2 aromatic heterocycles. The summed E-state index contributed by atoms with van der Waals surface area (Å²) in [5.41, 5.74) is 9.22. The summed E-state index contributed by atoms with van der Waals surface area (Å²) >= 11 is 0. The van der Waals surface area contributed by atoms with E-state index in [1.165, 1.54) is 0 Å². The zero-order valence-corrected chi connectivity index (χ0v) is 30.5. The predicted molar refractivity (Wildman–Crippen MR) is 222 cm³/mol. The lowest BCUT2D eigenvalue weighted by Gasteiger charge is -2.44. The first-order valence-electron chi connectivity index (χ1n) is 19.1. The highest BCUT2D eigenvalue weighted by Gasteiger charge is 2.52. The highest BCUT2D eigenvalue weighted by Crippen LogP contribution is 2.62. The minimum Gasteiger partial charge on any atom is -0.455 e. The molecule has 2 aliphatic rings. The molecule has 0 atom stereocenters. The van der Waals surface area contributed by atoms with Gasteiger partial charge in [0, 0.05) is 34.9 Å². The van der Waals surface area contributed by atoms with Crippen molar-refractivity contribution in [2.45, 2.75) is 10.8 Å². The normalized spacial score (nSPS) is 14.3. The van der Waals surface area contributed by atoms with Crippen molar-refractivity contribution >= 4 is 0 Å². The summed E-state index contributed by atoms with van der Waals surface area (Å²) in [5.74, 6) is 3.19. The lowest BCUT2D eigenvalue weighted by Crippen LogP contribution is -2.38. The van der Waals surface area contributed by atoms with E-state index in [1.807, 2.05) is 0 Å². The smallest absolute Gasteiger partial charge is 0.150 e. The summed E-state index contributed by atoms with van der Waals surface area (Å²) in [6.45, 7) is 0. The molecule has 0 saturated carbocycles. The Hall–Kier alpha value is -7.30. The van der Waals surface area contributed by atoms with Gasteiger partial charge in [-0.05, 0) is 70.8 Å². The zero-order valence-electron chi connectivity index (χ0n) is 30.5. The summed E-state index contributed by atoms with van der Waals surface area (Å²) < 4.78 is 19.0. The molecule has 11 rings (SSSR count). The molecule has 4 heteroatoms. The fourth-order valence-corrected chi connectivity index (χ4v) is 9.39. The second-order valence-electron chi connectivity index (χ2n) is 14.5. The Morgan fingerprint density at radius 3 is 0.893 bits per heavy atom. The minimum atomic E-state index is -0.776. The highest BCUT2D eigenvalue weighted by atomic mass is 16.5. The number of aromatic nitrogens is 2. The first kappa shape index (κ1) is 32.2. The van der Waals surface area contributed by atoms with Crippen molar-refractivity contribution in [1.82, 2.24) is 9.13 Å². The van der Waals surface area contributed by atoms with Crippen LogP contribution in [0.25, 0.3) is 11.4 Å². The maximum absolute atomic E-state index is 7.21. The van der Waals surface area contributed by atoms with E-state index in [9.17, 15) is 0 Å². The van der Waals surface area contributed by atoms with Crippen LogP contribution in [0.5, 0.6) is 23.0 Å². The molecule has 56 heavy (non-hydrogen) atoms. The Balaban J connectivity index is 1.28. The van der Waals surface area contributed by atoms with Crippen LogP contribution in [0, 0.1) is 0 Å². The number of para-hydroxylation sites is 2. The highest BCUT2D eigenvalue weighted by molar-refractivity contribution is 5.76. The van der Waals surface area contributed by atoms with Crippen LogP contribution in [-0.4, -0.2) is 9.13 Å². The molecule has 2 aliphatic heterocycles.